The first-order valence-corrected chi connectivity index (χ1v) is 7.15. The minimum atomic E-state index is 0.253. The van der Waals surface area contributed by atoms with Crippen molar-refractivity contribution < 1.29 is 0 Å². The summed E-state index contributed by atoms with van der Waals surface area (Å²) in [6.07, 6.45) is 1.98. The molecule has 0 saturated heterocycles. The average Bonchev–Trinajstić information content (AvgIpc) is 2.36. The fourth-order valence-electron chi connectivity index (χ4n) is 2.15. The molecule has 0 fully saturated rings. The van der Waals surface area contributed by atoms with E-state index >= 15 is 0 Å². The van der Waals surface area contributed by atoms with Gasteiger partial charge < -0.3 is 15.5 Å². The van der Waals surface area contributed by atoms with Crippen LogP contribution in [0.2, 0.25) is 0 Å². The third-order valence-corrected chi connectivity index (χ3v) is 3.54. The van der Waals surface area contributed by atoms with Gasteiger partial charge in [0.15, 0.2) is 0 Å². The topological polar surface area (TPSA) is 32.5 Å². The van der Waals surface area contributed by atoms with Crippen molar-refractivity contribution >= 4 is 5.69 Å². The van der Waals surface area contributed by atoms with Gasteiger partial charge in [0.05, 0.1) is 0 Å². The number of aryl methyl sites for hydroxylation is 1. The predicted molar refractivity (Wildman–Crippen MR) is 85.0 cm³/mol. The summed E-state index contributed by atoms with van der Waals surface area (Å²) in [6, 6.07) is 6.94. The van der Waals surface area contributed by atoms with Crippen LogP contribution < -0.4 is 10.6 Å². The quantitative estimate of drug-likeness (QED) is 0.819. The number of likely N-dealkylation sites (N-methyl/N-ethyl adjacent to an activating group) is 2. The summed E-state index contributed by atoms with van der Waals surface area (Å²) in [5, 5.41) is 0. The summed E-state index contributed by atoms with van der Waals surface area (Å²) in [4.78, 5) is 4.54. The molecule has 3 nitrogen and oxygen atoms in total. The number of rotatable bonds is 7. The van der Waals surface area contributed by atoms with Crippen LogP contribution in [0.4, 0.5) is 5.69 Å². The normalized spacial score (nSPS) is 12.8. The smallest absolute Gasteiger partial charge is 0.0397 e. The molecule has 1 unspecified atom stereocenters. The number of hydrogen-bond acceptors (Lipinski definition) is 3. The zero-order valence-corrected chi connectivity index (χ0v) is 13.1. The number of benzene rings is 1. The van der Waals surface area contributed by atoms with Crippen molar-refractivity contribution in [1.82, 2.24) is 4.90 Å². The van der Waals surface area contributed by atoms with E-state index in [1.54, 1.807) is 0 Å². The van der Waals surface area contributed by atoms with Gasteiger partial charge in [0.25, 0.3) is 0 Å². The van der Waals surface area contributed by atoms with Crippen molar-refractivity contribution in [2.24, 2.45) is 5.73 Å². The van der Waals surface area contributed by atoms with Gasteiger partial charge in [0.1, 0.15) is 0 Å². The van der Waals surface area contributed by atoms with Crippen molar-refractivity contribution in [3.63, 3.8) is 0 Å². The van der Waals surface area contributed by atoms with Crippen LogP contribution >= 0.6 is 0 Å². The van der Waals surface area contributed by atoms with Crippen LogP contribution in [0.5, 0.6) is 0 Å². The van der Waals surface area contributed by atoms with Crippen molar-refractivity contribution in [1.29, 1.82) is 0 Å². The highest BCUT2D eigenvalue weighted by atomic mass is 15.2. The van der Waals surface area contributed by atoms with Gasteiger partial charge in [-0.25, -0.2) is 0 Å². The molecule has 0 bridgehead atoms. The SMILES string of the molecule is CCC(N)Cc1cc(C)ccc1N(C)CCN(C)C. The van der Waals surface area contributed by atoms with Crippen LogP contribution in [0.25, 0.3) is 0 Å². The lowest BCUT2D eigenvalue weighted by Crippen LogP contribution is -2.30. The van der Waals surface area contributed by atoms with E-state index in [1.807, 2.05) is 0 Å². The minimum Gasteiger partial charge on any atom is -0.373 e. The van der Waals surface area contributed by atoms with Gasteiger partial charge in [-0.15, -0.1) is 0 Å². The van der Waals surface area contributed by atoms with E-state index in [2.05, 4.69) is 63.0 Å². The molecule has 0 amide bonds. The van der Waals surface area contributed by atoms with Crippen LogP contribution in [0.1, 0.15) is 24.5 Å². The predicted octanol–water partition coefficient (Wildman–Crippen LogP) is 2.27. The van der Waals surface area contributed by atoms with E-state index < -0.39 is 0 Å². The molecule has 0 saturated carbocycles. The standard InChI is InChI=1S/C16H29N3/c1-6-15(17)12-14-11-13(2)7-8-16(14)19(5)10-9-18(3)4/h7-8,11,15H,6,9-10,12,17H2,1-5H3. The molecule has 0 heterocycles. The highest BCUT2D eigenvalue weighted by molar-refractivity contribution is 5.54. The Bertz CT molecular complexity index is 388. The van der Waals surface area contributed by atoms with E-state index in [1.165, 1.54) is 16.8 Å². The molecule has 0 aromatic heterocycles. The maximum absolute atomic E-state index is 6.12. The zero-order valence-electron chi connectivity index (χ0n) is 13.1. The first-order valence-electron chi connectivity index (χ1n) is 7.15. The van der Waals surface area contributed by atoms with E-state index in [0.717, 1.165) is 25.9 Å². The molecule has 0 aliphatic rings. The lowest BCUT2D eigenvalue weighted by atomic mass is 10.00. The Morgan fingerprint density at radius 3 is 2.42 bits per heavy atom. The summed E-state index contributed by atoms with van der Waals surface area (Å²) in [6.45, 7) is 6.38. The Kier molecular flexibility index (Phi) is 6.32. The third kappa shape index (κ3) is 5.21. The monoisotopic (exact) mass is 263 g/mol. The van der Waals surface area contributed by atoms with E-state index in [-0.39, 0.29) is 6.04 Å². The second kappa shape index (κ2) is 7.51. The number of nitrogens with two attached hydrogens (primary N) is 1. The Labute approximate surface area is 118 Å². The molecule has 1 aromatic rings. The van der Waals surface area contributed by atoms with Gasteiger partial charge in [-0.2, -0.15) is 0 Å². The van der Waals surface area contributed by atoms with Gasteiger partial charge in [0, 0.05) is 31.9 Å². The highest BCUT2D eigenvalue weighted by Crippen LogP contribution is 2.22. The van der Waals surface area contributed by atoms with Crippen molar-refractivity contribution in [3.8, 4) is 0 Å². The summed E-state index contributed by atoms with van der Waals surface area (Å²) in [5.41, 5.74) is 10.1. The largest absolute Gasteiger partial charge is 0.373 e. The molecular formula is C16H29N3. The molecule has 0 aliphatic carbocycles. The molecule has 1 aromatic carbocycles. The van der Waals surface area contributed by atoms with E-state index in [9.17, 15) is 0 Å². The van der Waals surface area contributed by atoms with Crippen molar-refractivity contribution in [3.05, 3.63) is 29.3 Å². The highest BCUT2D eigenvalue weighted by Gasteiger charge is 2.10. The van der Waals surface area contributed by atoms with Gasteiger partial charge in [-0.3, -0.25) is 0 Å². The molecule has 0 aliphatic heterocycles. The summed E-state index contributed by atoms with van der Waals surface area (Å²) >= 11 is 0. The fourth-order valence-corrected chi connectivity index (χ4v) is 2.15. The number of hydrogen-bond donors (Lipinski definition) is 1. The maximum atomic E-state index is 6.12. The summed E-state index contributed by atoms with van der Waals surface area (Å²) < 4.78 is 0. The van der Waals surface area contributed by atoms with Gasteiger partial charge in [-0.1, -0.05) is 24.6 Å². The minimum absolute atomic E-state index is 0.253. The summed E-state index contributed by atoms with van der Waals surface area (Å²) in [7, 11) is 6.38. The van der Waals surface area contributed by atoms with Gasteiger partial charge in [0.2, 0.25) is 0 Å². The van der Waals surface area contributed by atoms with E-state index in [0.29, 0.717) is 0 Å². The maximum Gasteiger partial charge on any atom is 0.0397 e. The molecule has 19 heavy (non-hydrogen) atoms. The molecule has 2 N–H and O–H groups in total. The third-order valence-electron chi connectivity index (χ3n) is 3.54. The van der Waals surface area contributed by atoms with Crippen LogP contribution in [0, 0.1) is 6.92 Å². The Morgan fingerprint density at radius 2 is 1.84 bits per heavy atom. The molecule has 1 rings (SSSR count). The average molecular weight is 263 g/mol. The lowest BCUT2D eigenvalue weighted by Gasteiger charge is -2.25. The molecule has 0 radical (unpaired) electrons. The van der Waals surface area contributed by atoms with Crippen LogP contribution in [0.3, 0.4) is 0 Å². The molecule has 0 spiro atoms. The van der Waals surface area contributed by atoms with Crippen LogP contribution in [-0.4, -0.2) is 45.2 Å². The second-order valence-corrected chi connectivity index (χ2v) is 5.73. The zero-order chi connectivity index (χ0) is 14.4. The second-order valence-electron chi connectivity index (χ2n) is 5.73. The van der Waals surface area contributed by atoms with Crippen LogP contribution in [-0.2, 0) is 6.42 Å². The summed E-state index contributed by atoms with van der Waals surface area (Å²) in [5.74, 6) is 0. The fraction of sp³-hybridized carbons (Fsp3) is 0.625. The van der Waals surface area contributed by atoms with Gasteiger partial charge >= 0.3 is 0 Å². The first-order chi connectivity index (χ1) is 8.93. The molecular weight excluding hydrogens is 234 g/mol. The lowest BCUT2D eigenvalue weighted by molar-refractivity contribution is 0.416. The van der Waals surface area contributed by atoms with Crippen LogP contribution in [0.15, 0.2) is 18.2 Å². The Morgan fingerprint density at radius 1 is 1.16 bits per heavy atom. The van der Waals surface area contributed by atoms with Gasteiger partial charge in [-0.05, 0) is 45.5 Å². The Balaban J connectivity index is 2.85. The molecule has 1 atom stereocenters. The Hall–Kier alpha value is -1.06. The molecule has 3 heteroatoms. The van der Waals surface area contributed by atoms with Crippen molar-refractivity contribution in [2.75, 3.05) is 39.1 Å². The van der Waals surface area contributed by atoms with Crippen molar-refractivity contribution in [2.45, 2.75) is 32.7 Å². The number of nitrogens with zero attached hydrogens (tertiary/aromatic N) is 2. The molecule has 108 valence electrons. The van der Waals surface area contributed by atoms with E-state index in [4.69, 9.17) is 5.73 Å². The number of anilines is 1. The first kappa shape index (κ1) is 16.0.